The molecule has 0 aromatic carbocycles. The number of amides is 2. The Labute approximate surface area is 125 Å². The van der Waals surface area contributed by atoms with E-state index in [1.54, 1.807) is 11.8 Å². The molecule has 0 aromatic rings. The first kappa shape index (κ1) is 14.2. The summed E-state index contributed by atoms with van der Waals surface area (Å²) in [5.74, 6) is 1.60. The quantitative estimate of drug-likeness (QED) is 0.868. The number of carbonyl (C=O) groups excluding carboxylic acids is 2. The molecule has 2 atom stereocenters. The largest absolute Gasteiger partial charge is 0.354 e. The number of fused-ring (bicyclic) bond motifs is 1. The molecule has 0 spiro atoms. The molecule has 3 aliphatic rings. The van der Waals surface area contributed by atoms with Gasteiger partial charge in [-0.15, -0.1) is 11.8 Å². The molecule has 2 heterocycles. The van der Waals surface area contributed by atoms with Gasteiger partial charge in [0.05, 0.1) is 4.87 Å². The molecular weight excluding hydrogens is 272 g/mol. The van der Waals surface area contributed by atoms with E-state index in [9.17, 15) is 9.59 Å². The molecule has 2 amide bonds. The zero-order chi connectivity index (χ0) is 14.2. The lowest BCUT2D eigenvalue weighted by molar-refractivity contribution is -0.138. The first-order chi connectivity index (χ1) is 9.60. The van der Waals surface area contributed by atoms with Crippen molar-refractivity contribution in [3.05, 3.63) is 0 Å². The molecule has 3 fully saturated rings. The van der Waals surface area contributed by atoms with Crippen LogP contribution in [0.15, 0.2) is 0 Å². The van der Waals surface area contributed by atoms with Crippen LogP contribution in [-0.4, -0.2) is 39.9 Å². The second-order valence-electron chi connectivity index (χ2n) is 6.51. The van der Waals surface area contributed by atoms with E-state index in [0.717, 1.165) is 18.7 Å². The molecule has 2 saturated heterocycles. The van der Waals surface area contributed by atoms with Crippen LogP contribution < -0.4 is 5.32 Å². The van der Waals surface area contributed by atoms with Crippen molar-refractivity contribution in [1.29, 1.82) is 0 Å². The van der Waals surface area contributed by atoms with E-state index < -0.39 is 0 Å². The molecule has 3 rings (SSSR count). The third-order valence-corrected chi connectivity index (χ3v) is 6.54. The van der Waals surface area contributed by atoms with Gasteiger partial charge < -0.3 is 10.2 Å². The summed E-state index contributed by atoms with van der Waals surface area (Å²) in [5.41, 5.74) is 0. The van der Waals surface area contributed by atoms with Gasteiger partial charge in [0, 0.05) is 18.7 Å². The van der Waals surface area contributed by atoms with Gasteiger partial charge in [-0.3, -0.25) is 9.59 Å². The normalized spacial score (nSPS) is 34.4. The Morgan fingerprint density at radius 1 is 1.40 bits per heavy atom. The van der Waals surface area contributed by atoms with Crippen LogP contribution in [0.25, 0.3) is 0 Å². The van der Waals surface area contributed by atoms with Crippen LogP contribution in [-0.2, 0) is 9.59 Å². The average Bonchev–Trinajstić information content (AvgIpc) is 2.95. The molecule has 1 saturated carbocycles. The summed E-state index contributed by atoms with van der Waals surface area (Å²) < 4.78 is 0. The monoisotopic (exact) mass is 296 g/mol. The van der Waals surface area contributed by atoms with Crippen molar-refractivity contribution in [3.63, 3.8) is 0 Å². The third-order valence-electron chi connectivity index (χ3n) is 5.04. The van der Waals surface area contributed by atoms with Gasteiger partial charge in [-0.2, -0.15) is 0 Å². The Hall–Kier alpha value is -0.710. The third kappa shape index (κ3) is 2.57. The number of nitrogens with one attached hydrogen (secondary N) is 1. The molecular formula is C15H24N2O2S. The molecule has 0 radical (unpaired) electrons. The van der Waals surface area contributed by atoms with Crippen LogP contribution in [0.2, 0.25) is 0 Å². The molecule has 1 N–H and O–H groups in total. The topological polar surface area (TPSA) is 49.4 Å². The highest BCUT2D eigenvalue weighted by Crippen LogP contribution is 2.47. The first-order valence-corrected chi connectivity index (χ1v) is 8.82. The smallest absolute Gasteiger partial charge is 0.243 e. The fourth-order valence-electron chi connectivity index (χ4n) is 3.77. The van der Waals surface area contributed by atoms with Gasteiger partial charge in [0.15, 0.2) is 0 Å². The minimum Gasteiger partial charge on any atom is -0.354 e. The van der Waals surface area contributed by atoms with Gasteiger partial charge in [-0.1, -0.05) is 19.3 Å². The lowest BCUT2D eigenvalue weighted by Gasteiger charge is -2.30. The van der Waals surface area contributed by atoms with Crippen LogP contribution in [0.1, 0.15) is 51.9 Å². The lowest BCUT2D eigenvalue weighted by atomic mass is 9.89. The lowest BCUT2D eigenvalue weighted by Crippen LogP contribution is -2.50. The number of thioether (sulfide) groups is 1. The first-order valence-electron chi connectivity index (χ1n) is 7.84. The van der Waals surface area contributed by atoms with Crippen molar-refractivity contribution in [3.8, 4) is 0 Å². The van der Waals surface area contributed by atoms with Crippen LogP contribution in [0, 0.1) is 5.92 Å². The summed E-state index contributed by atoms with van der Waals surface area (Å²) in [6, 6.07) is -0.247. The minimum atomic E-state index is -0.247. The maximum absolute atomic E-state index is 12.4. The van der Waals surface area contributed by atoms with E-state index in [0.29, 0.717) is 12.3 Å². The molecule has 0 unspecified atom stereocenters. The number of hydrogen-bond donors (Lipinski definition) is 1. The number of carbonyl (C=O) groups is 2. The van der Waals surface area contributed by atoms with Crippen molar-refractivity contribution in [2.45, 2.75) is 62.8 Å². The van der Waals surface area contributed by atoms with Crippen LogP contribution in [0.3, 0.4) is 0 Å². The maximum atomic E-state index is 12.4. The predicted molar refractivity (Wildman–Crippen MR) is 80.3 cm³/mol. The van der Waals surface area contributed by atoms with Gasteiger partial charge in [0.25, 0.3) is 0 Å². The van der Waals surface area contributed by atoms with E-state index in [2.05, 4.69) is 12.2 Å². The molecule has 5 heteroatoms. The van der Waals surface area contributed by atoms with Gasteiger partial charge in [0.2, 0.25) is 11.8 Å². The molecule has 4 nitrogen and oxygen atoms in total. The van der Waals surface area contributed by atoms with Gasteiger partial charge >= 0.3 is 0 Å². The van der Waals surface area contributed by atoms with Crippen molar-refractivity contribution >= 4 is 23.6 Å². The Balaban J connectivity index is 1.56. The molecule has 1 aliphatic carbocycles. The van der Waals surface area contributed by atoms with Gasteiger partial charge in [0.1, 0.15) is 6.04 Å². The zero-order valence-corrected chi connectivity index (χ0v) is 13.0. The second-order valence-corrected chi connectivity index (χ2v) is 8.02. The molecule has 112 valence electrons. The molecule has 2 aliphatic heterocycles. The summed E-state index contributed by atoms with van der Waals surface area (Å²) in [6.07, 6.45) is 7.87. The van der Waals surface area contributed by atoms with E-state index in [4.69, 9.17) is 0 Å². The van der Waals surface area contributed by atoms with E-state index >= 15 is 0 Å². The summed E-state index contributed by atoms with van der Waals surface area (Å²) in [6.45, 7) is 2.88. The molecule has 0 bridgehead atoms. The van der Waals surface area contributed by atoms with E-state index in [-0.39, 0.29) is 22.7 Å². The predicted octanol–water partition coefficient (Wildman–Crippen LogP) is 2.14. The Kier molecular flexibility index (Phi) is 3.98. The fraction of sp³-hybridized carbons (Fsp3) is 0.867. The highest BCUT2D eigenvalue weighted by atomic mass is 32.2. The summed E-state index contributed by atoms with van der Waals surface area (Å²) >= 11 is 1.76. The second kappa shape index (κ2) is 5.58. The van der Waals surface area contributed by atoms with Crippen molar-refractivity contribution in [2.24, 2.45) is 5.92 Å². The van der Waals surface area contributed by atoms with Gasteiger partial charge in [-0.05, 0) is 32.1 Å². The molecule has 20 heavy (non-hydrogen) atoms. The van der Waals surface area contributed by atoms with Crippen molar-refractivity contribution in [2.75, 3.05) is 12.3 Å². The van der Waals surface area contributed by atoms with Crippen LogP contribution in [0.4, 0.5) is 0 Å². The van der Waals surface area contributed by atoms with Crippen LogP contribution >= 0.6 is 11.8 Å². The summed E-state index contributed by atoms with van der Waals surface area (Å²) in [4.78, 5) is 26.1. The zero-order valence-electron chi connectivity index (χ0n) is 12.2. The Morgan fingerprint density at radius 3 is 2.90 bits per heavy atom. The molecule has 0 aromatic heterocycles. The standard InChI is InChI=1S/C15H24N2O2S/c1-15-8-7-13(18)17(15)12(10-20-15)14(19)16-9-11-5-3-2-4-6-11/h11-12H,2-10H2,1H3,(H,16,19)/t12-,15-/m1/s1. The maximum Gasteiger partial charge on any atom is 0.243 e. The van der Waals surface area contributed by atoms with Crippen molar-refractivity contribution < 1.29 is 9.59 Å². The summed E-state index contributed by atoms with van der Waals surface area (Å²) in [5, 5.41) is 3.10. The van der Waals surface area contributed by atoms with E-state index in [1.807, 2.05) is 4.90 Å². The average molecular weight is 296 g/mol. The fourth-order valence-corrected chi connectivity index (χ4v) is 5.20. The number of rotatable bonds is 3. The SMILES string of the molecule is C[C@@]12CCC(=O)N1[C@@H](C(=O)NCC1CCCCC1)CS2. The number of nitrogens with zero attached hydrogens (tertiary/aromatic N) is 1. The summed E-state index contributed by atoms with van der Waals surface area (Å²) in [7, 11) is 0. The minimum absolute atomic E-state index is 0.0575. The highest BCUT2D eigenvalue weighted by molar-refractivity contribution is 8.01. The highest BCUT2D eigenvalue weighted by Gasteiger charge is 2.52. The van der Waals surface area contributed by atoms with Crippen molar-refractivity contribution in [1.82, 2.24) is 10.2 Å². The number of hydrogen-bond acceptors (Lipinski definition) is 3. The van der Waals surface area contributed by atoms with E-state index in [1.165, 1.54) is 32.1 Å². The van der Waals surface area contributed by atoms with Gasteiger partial charge in [-0.25, -0.2) is 0 Å². The van der Waals surface area contributed by atoms with Crippen LogP contribution in [0.5, 0.6) is 0 Å². The Bertz CT molecular complexity index is 409. The Morgan fingerprint density at radius 2 is 2.15 bits per heavy atom.